The molecular formula is C19H26N4O4. The largest absolute Gasteiger partial charge is 0.393 e. The molecule has 1 atom stereocenters. The summed E-state index contributed by atoms with van der Waals surface area (Å²) in [6.07, 6.45) is 8.49. The molecule has 0 radical (unpaired) electrons. The number of nitrogens with one attached hydrogen (secondary N) is 1. The standard InChI is InChI=1S/C19H26N4O4/c20-17(25)13-9-14(11-21-10-13)22-18(26)19(27)23-8-2-1-3-16(23)12-4-6-15(24)7-5-12/h9-12,15-16,24H,1-8H2,(H2,20,25)(H,22,26)/t12-,15-,16-/m0/s1. The zero-order valence-electron chi connectivity index (χ0n) is 15.3. The van der Waals surface area contributed by atoms with E-state index in [0.717, 1.165) is 44.9 Å². The summed E-state index contributed by atoms with van der Waals surface area (Å²) in [5.41, 5.74) is 5.64. The molecule has 1 saturated heterocycles. The van der Waals surface area contributed by atoms with Crippen molar-refractivity contribution in [2.75, 3.05) is 11.9 Å². The van der Waals surface area contributed by atoms with E-state index in [0.29, 0.717) is 12.5 Å². The smallest absolute Gasteiger partial charge is 0.313 e. The summed E-state index contributed by atoms with van der Waals surface area (Å²) >= 11 is 0. The normalized spacial score (nSPS) is 25.7. The van der Waals surface area contributed by atoms with Gasteiger partial charge in [-0.15, -0.1) is 0 Å². The van der Waals surface area contributed by atoms with E-state index in [1.165, 1.54) is 18.5 Å². The molecule has 4 N–H and O–H groups in total. The summed E-state index contributed by atoms with van der Waals surface area (Å²) in [5, 5.41) is 12.3. The van der Waals surface area contributed by atoms with Crippen LogP contribution in [-0.2, 0) is 9.59 Å². The fraction of sp³-hybridized carbons (Fsp3) is 0.579. The Kier molecular flexibility index (Phi) is 6.05. The lowest BCUT2D eigenvalue weighted by molar-refractivity contribution is -0.147. The minimum absolute atomic E-state index is 0.0413. The minimum atomic E-state index is -0.735. The van der Waals surface area contributed by atoms with Crippen LogP contribution in [0.3, 0.4) is 0 Å². The molecular weight excluding hydrogens is 348 g/mol. The van der Waals surface area contributed by atoms with Gasteiger partial charge in [0.25, 0.3) is 0 Å². The molecule has 1 aromatic rings. The Morgan fingerprint density at radius 2 is 1.85 bits per heavy atom. The molecule has 0 spiro atoms. The molecule has 2 fully saturated rings. The van der Waals surface area contributed by atoms with E-state index in [4.69, 9.17) is 5.73 Å². The molecule has 3 rings (SSSR count). The lowest BCUT2D eigenvalue weighted by Gasteiger charge is -2.42. The first kappa shape index (κ1) is 19.3. The van der Waals surface area contributed by atoms with Crippen molar-refractivity contribution in [3.8, 4) is 0 Å². The van der Waals surface area contributed by atoms with Crippen LogP contribution in [0.25, 0.3) is 0 Å². The van der Waals surface area contributed by atoms with E-state index in [2.05, 4.69) is 10.3 Å². The molecule has 1 aliphatic carbocycles. The van der Waals surface area contributed by atoms with Crippen molar-refractivity contribution in [1.82, 2.24) is 9.88 Å². The van der Waals surface area contributed by atoms with E-state index in [-0.39, 0.29) is 23.4 Å². The lowest BCUT2D eigenvalue weighted by Crippen LogP contribution is -2.52. The number of hydrogen-bond donors (Lipinski definition) is 3. The van der Waals surface area contributed by atoms with Crippen LogP contribution in [0.4, 0.5) is 5.69 Å². The molecule has 8 heteroatoms. The minimum Gasteiger partial charge on any atom is -0.393 e. The van der Waals surface area contributed by atoms with Gasteiger partial charge in [0.2, 0.25) is 5.91 Å². The van der Waals surface area contributed by atoms with Gasteiger partial charge in [0.1, 0.15) is 0 Å². The molecule has 3 amide bonds. The van der Waals surface area contributed by atoms with Crippen LogP contribution in [0.5, 0.6) is 0 Å². The number of carbonyl (C=O) groups excluding carboxylic acids is 3. The number of anilines is 1. The summed E-state index contributed by atoms with van der Waals surface area (Å²) < 4.78 is 0. The van der Waals surface area contributed by atoms with Crippen molar-refractivity contribution in [2.24, 2.45) is 11.7 Å². The molecule has 2 aliphatic rings. The Bertz CT molecular complexity index is 715. The summed E-state index contributed by atoms with van der Waals surface area (Å²) in [7, 11) is 0. The number of pyridine rings is 1. The van der Waals surface area contributed by atoms with Gasteiger partial charge in [-0.25, -0.2) is 0 Å². The number of aromatic nitrogens is 1. The highest BCUT2D eigenvalue weighted by molar-refractivity contribution is 6.39. The van der Waals surface area contributed by atoms with Gasteiger partial charge in [0.05, 0.1) is 23.6 Å². The molecule has 0 unspecified atom stereocenters. The number of hydrogen-bond acceptors (Lipinski definition) is 5. The maximum atomic E-state index is 12.8. The number of primary amides is 1. The van der Waals surface area contributed by atoms with Gasteiger partial charge in [-0.05, 0) is 56.9 Å². The highest BCUT2D eigenvalue weighted by Crippen LogP contribution is 2.34. The predicted octanol–water partition coefficient (Wildman–Crippen LogP) is 1.05. The lowest BCUT2D eigenvalue weighted by atomic mass is 9.79. The first-order valence-corrected chi connectivity index (χ1v) is 9.50. The number of aliphatic hydroxyl groups is 1. The average Bonchev–Trinajstić information content (AvgIpc) is 2.68. The third-order valence-electron chi connectivity index (χ3n) is 5.57. The van der Waals surface area contributed by atoms with Crippen LogP contribution in [0.15, 0.2) is 18.5 Å². The van der Waals surface area contributed by atoms with Gasteiger partial charge in [-0.1, -0.05) is 0 Å². The number of aliphatic hydroxyl groups excluding tert-OH is 1. The first-order valence-electron chi connectivity index (χ1n) is 9.50. The Morgan fingerprint density at radius 1 is 1.11 bits per heavy atom. The molecule has 146 valence electrons. The van der Waals surface area contributed by atoms with Crippen LogP contribution >= 0.6 is 0 Å². The van der Waals surface area contributed by atoms with Gasteiger partial charge in [0.15, 0.2) is 0 Å². The quantitative estimate of drug-likeness (QED) is 0.682. The molecule has 1 aromatic heterocycles. The van der Waals surface area contributed by atoms with Crippen LogP contribution < -0.4 is 11.1 Å². The number of rotatable bonds is 3. The number of nitrogens with zero attached hydrogens (tertiary/aromatic N) is 2. The Hall–Kier alpha value is -2.48. The zero-order chi connectivity index (χ0) is 19.4. The first-order chi connectivity index (χ1) is 13.0. The van der Waals surface area contributed by atoms with Gasteiger partial charge in [-0.2, -0.15) is 0 Å². The van der Waals surface area contributed by atoms with Crippen LogP contribution in [0.1, 0.15) is 55.3 Å². The fourth-order valence-corrected chi connectivity index (χ4v) is 4.14. The van der Waals surface area contributed by atoms with E-state index >= 15 is 0 Å². The second-order valence-electron chi connectivity index (χ2n) is 7.41. The van der Waals surface area contributed by atoms with E-state index < -0.39 is 17.7 Å². The van der Waals surface area contributed by atoms with Crippen molar-refractivity contribution in [3.63, 3.8) is 0 Å². The third-order valence-corrected chi connectivity index (χ3v) is 5.57. The van der Waals surface area contributed by atoms with Crippen LogP contribution in [-0.4, -0.2) is 51.4 Å². The molecule has 1 saturated carbocycles. The van der Waals surface area contributed by atoms with Gasteiger partial charge in [-0.3, -0.25) is 19.4 Å². The fourth-order valence-electron chi connectivity index (χ4n) is 4.14. The van der Waals surface area contributed by atoms with Gasteiger partial charge >= 0.3 is 11.8 Å². The Balaban J connectivity index is 1.67. The van der Waals surface area contributed by atoms with Crippen molar-refractivity contribution >= 4 is 23.4 Å². The average molecular weight is 374 g/mol. The predicted molar refractivity (Wildman–Crippen MR) is 98.7 cm³/mol. The van der Waals surface area contributed by atoms with Crippen molar-refractivity contribution in [2.45, 2.75) is 57.1 Å². The SMILES string of the molecule is NC(=O)c1cncc(NC(=O)C(=O)N2CCCC[C@H]2[C@H]2CC[C@H](O)CC2)c1. The highest BCUT2D eigenvalue weighted by atomic mass is 16.3. The van der Waals surface area contributed by atoms with Gasteiger partial charge < -0.3 is 21.1 Å². The molecule has 0 aromatic carbocycles. The van der Waals surface area contributed by atoms with E-state index in [1.54, 1.807) is 4.90 Å². The summed E-state index contributed by atoms with van der Waals surface area (Å²) in [4.78, 5) is 42.1. The second kappa shape index (κ2) is 8.47. The number of carbonyl (C=O) groups is 3. The van der Waals surface area contributed by atoms with Crippen LogP contribution in [0.2, 0.25) is 0 Å². The number of nitrogens with two attached hydrogens (primary N) is 1. The topological polar surface area (TPSA) is 126 Å². The molecule has 1 aliphatic heterocycles. The number of piperidine rings is 1. The zero-order valence-corrected chi connectivity index (χ0v) is 15.3. The second-order valence-corrected chi connectivity index (χ2v) is 7.41. The van der Waals surface area contributed by atoms with Crippen molar-refractivity contribution in [3.05, 3.63) is 24.0 Å². The van der Waals surface area contributed by atoms with Gasteiger partial charge in [0, 0.05) is 18.8 Å². The van der Waals surface area contributed by atoms with E-state index in [1.807, 2.05) is 0 Å². The molecule has 8 nitrogen and oxygen atoms in total. The maximum absolute atomic E-state index is 12.8. The summed E-state index contributed by atoms with van der Waals surface area (Å²) in [6, 6.07) is 1.44. The Labute approximate surface area is 158 Å². The molecule has 0 bridgehead atoms. The third kappa shape index (κ3) is 4.63. The van der Waals surface area contributed by atoms with E-state index in [9.17, 15) is 19.5 Å². The summed E-state index contributed by atoms with van der Waals surface area (Å²) in [5.74, 6) is -1.62. The monoisotopic (exact) mass is 374 g/mol. The molecule has 27 heavy (non-hydrogen) atoms. The van der Waals surface area contributed by atoms with Crippen molar-refractivity contribution in [1.29, 1.82) is 0 Å². The Morgan fingerprint density at radius 3 is 2.56 bits per heavy atom. The molecule has 2 heterocycles. The number of amides is 3. The maximum Gasteiger partial charge on any atom is 0.313 e. The summed E-state index contributed by atoms with van der Waals surface area (Å²) in [6.45, 7) is 0.565. The highest BCUT2D eigenvalue weighted by Gasteiger charge is 2.37. The van der Waals surface area contributed by atoms with Crippen molar-refractivity contribution < 1.29 is 19.5 Å². The number of likely N-dealkylation sites (tertiary alicyclic amines) is 1. The van der Waals surface area contributed by atoms with Crippen LogP contribution in [0, 0.1) is 5.92 Å².